The van der Waals surface area contributed by atoms with Crippen LogP contribution in [0.25, 0.3) is 11.0 Å². The molecule has 0 aliphatic heterocycles. The standard InChI is InChI=1S/C26H25N3O4/c1-2-19-20-7-3-6-10-23(20)33-24(19)26(31)28-15-16-32-18-13-11-17(12-14-18)25(30)29-22-9-5-4-8-21(22)27/h3-14H,2,15-16,27H2,1H3,(H,28,31)(H,29,30). The fourth-order valence-electron chi connectivity index (χ4n) is 3.55. The molecular formula is C26H25N3O4. The van der Waals surface area contributed by atoms with Crippen molar-refractivity contribution in [2.45, 2.75) is 13.3 Å². The molecule has 0 saturated carbocycles. The van der Waals surface area contributed by atoms with Crippen LogP contribution in [0.4, 0.5) is 11.4 Å². The second-order valence-electron chi connectivity index (χ2n) is 7.43. The lowest BCUT2D eigenvalue weighted by molar-refractivity contribution is 0.0919. The molecule has 0 bridgehead atoms. The predicted molar refractivity (Wildman–Crippen MR) is 129 cm³/mol. The van der Waals surface area contributed by atoms with Gasteiger partial charge in [0.15, 0.2) is 5.76 Å². The Morgan fingerprint density at radius 3 is 2.42 bits per heavy atom. The third-order valence-corrected chi connectivity index (χ3v) is 5.24. The number of carbonyl (C=O) groups excluding carboxylic acids is 2. The number of benzene rings is 3. The van der Waals surface area contributed by atoms with Crippen LogP contribution in [0.3, 0.4) is 0 Å². The Kier molecular flexibility index (Phi) is 6.59. The van der Waals surface area contributed by atoms with Crippen molar-refractivity contribution in [2.24, 2.45) is 0 Å². The van der Waals surface area contributed by atoms with Crippen molar-refractivity contribution >= 4 is 34.2 Å². The monoisotopic (exact) mass is 443 g/mol. The highest BCUT2D eigenvalue weighted by atomic mass is 16.5. The molecule has 0 fully saturated rings. The fraction of sp³-hybridized carbons (Fsp3) is 0.154. The summed E-state index contributed by atoms with van der Waals surface area (Å²) in [6.45, 7) is 2.59. The van der Waals surface area contributed by atoms with Crippen molar-refractivity contribution in [1.29, 1.82) is 0 Å². The summed E-state index contributed by atoms with van der Waals surface area (Å²) in [5.74, 6) is 0.411. The van der Waals surface area contributed by atoms with Gasteiger partial charge in [0.05, 0.1) is 17.9 Å². The minimum absolute atomic E-state index is 0.260. The number of amides is 2. The fourth-order valence-corrected chi connectivity index (χ4v) is 3.55. The smallest absolute Gasteiger partial charge is 0.287 e. The van der Waals surface area contributed by atoms with Gasteiger partial charge in [-0.1, -0.05) is 37.3 Å². The zero-order chi connectivity index (χ0) is 23.2. The topological polar surface area (TPSA) is 107 Å². The maximum Gasteiger partial charge on any atom is 0.287 e. The molecule has 0 unspecified atom stereocenters. The number of nitrogens with one attached hydrogen (secondary N) is 2. The first kappa shape index (κ1) is 22.0. The lowest BCUT2D eigenvalue weighted by atomic mass is 10.1. The Labute approximate surface area is 191 Å². The van der Waals surface area contributed by atoms with Crippen molar-refractivity contribution in [3.05, 3.63) is 89.7 Å². The van der Waals surface area contributed by atoms with Crippen molar-refractivity contribution in [3.63, 3.8) is 0 Å². The number of rotatable bonds is 8. The molecule has 1 heterocycles. The van der Waals surface area contributed by atoms with Crippen molar-refractivity contribution in [3.8, 4) is 5.75 Å². The Morgan fingerprint density at radius 1 is 0.939 bits per heavy atom. The molecule has 0 atom stereocenters. The van der Waals surface area contributed by atoms with Gasteiger partial charge in [0.25, 0.3) is 11.8 Å². The Hall–Kier alpha value is -4.26. The number of hydrogen-bond donors (Lipinski definition) is 3. The average molecular weight is 444 g/mol. The van der Waals surface area contributed by atoms with Gasteiger partial charge in [-0.25, -0.2) is 0 Å². The minimum Gasteiger partial charge on any atom is -0.492 e. The number of hydrogen-bond acceptors (Lipinski definition) is 5. The van der Waals surface area contributed by atoms with E-state index >= 15 is 0 Å². The van der Waals surface area contributed by atoms with Crippen LogP contribution in [0.15, 0.2) is 77.2 Å². The minimum atomic E-state index is -0.265. The third kappa shape index (κ3) is 4.98. The third-order valence-electron chi connectivity index (χ3n) is 5.24. The molecule has 7 nitrogen and oxygen atoms in total. The first-order chi connectivity index (χ1) is 16.1. The van der Waals surface area contributed by atoms with E-state index in [1.807, 2.05) is 31.2 Å². The molecule has 4 rings (SSSR count). The van der Waals surface area contributed by atoms with Gasteiger partial charge in [-0.2, -0.15) is 0 Å². The summed E-state index contributed by atoms with van der Waals surface area (Å²) in [5, 5.41) is 6.58. The van der Waals surface area contributed by atoms with E-state index in [2.05, 4.69) is 10.6 Å². The maximum absolute atomic E-state index is 12.6. The summed E-state index contributed by atoms with van der Waals surface area (Å²) >= 11 is 0. The van der Waals surface area contributed by atoms with Crippen LogP contribution in [0.2, 0.25) is 0 Å². The Bertz CT molecular complexity index is 1280. The summed E-state index contributed by atoms with van der Waals surface area (Å²) in [4.78, 5) is 25.0. The van der Waals surface area contributed by atoms with E-state index in [-0.39, 0.29) is 18.4 Å². The molecule has 0 saturated heterocycles. The van der Waals surface area contributed by atoms with Gasteiger partial charge in [-0.3, -0.25) is 9.59 Å². The molecule has 2 amide bonds. The van der Waals surface area contributed by atoms with Crippen LogP contribution < -0.4 is 21.1 Å². The zero-order valence-corrected chi connectivity index (χ0v) is 18.3. The number of ether oxygens (including phenoxy) is 1. The molecule has 0 aliphatic rings. The van der Waals surface area contributed by atoms with E-state index < -0.39 is 0 Å². The summed E-state index contributed by atoms with van der Waals surface area (Å²) in [6.07, 6.45) is 0.701. The van der Waals surface area contributed by atoms with Crippen LogP contribution in [0, 0.1) is 0 Å². The lowest BCUT2D eigenvalue weighted by Crippen LogP contribution is -2.28. The van der Waals surface area contributed by atoms with Gasteiger partial charge in [0, 0.05) is 16.5 Å². The summed E-state index contributed by atoms with van der Waals surface area (Å²) in [5.41, 5.74) is 9.01. The van der Waals surface area contributed by atoms with Crippen LogP contribution in [-0.2, 0) is 6.42 Å². The first-order valence-corrected chi connectivity index (χ1v) is 10.7. The van der Waals surface area contributed by atoms with E-state index in [1.165, 1.54) is 0 Å². The van der Waals surface area contributed by atoms with Gasteiger partial charge < -0.3 is 25.5 Å². The molecule has 0 aliphatic carbocycles. The number of para-hydroxylation sites is 3. The first-order valence-electron chi connectivity index (χ1n) is 10.7. The second kappa shape index (κ2) is 9.91. The Morgan fingerprint density at radius 2 is 1.67 bits per heavy atom. The molecule has 168 valence electrons. The molecule has 4 aromatic rings. The van der Waals surface area contributed by atoms with Crippen molar-refractivity contribution in [1.82, 2.24) is 5.32 Å². The Balaban J connectivity index is 1.28. The van der Waals surface area contributed by atoms with Crippen LogP contribution in [0.1, 0.15) is 33.4 Å². The van der Waals surface area contributed by atoms with E-state index in [9.17, 15) is 9.59 Å². The average Bonchev–Trinajstić information content (AvgIpc) is 3.22. The maximum atomic E-state index is 12.6. The molecule has 1 aromatic heterocycles. The second-order valence-corrected chi connectivity index (χ2v) is 7.43. The van der Waals surface area contributed by atoms with Gasteiger partial charge in [0.2, 0.25) is 0 Å². The highest BCUT2D eigenvalue weighted by Crippen LogP contribution is 2.26. The summed E-state index contributed by atoms with van der Waals surface area (Å²) in [6, 6.07) is 21.5. The molecule has 7 heteroatoms. The van der Waals surface area contributed by atoms with Gasteiger partial charge in [-0.15, -0.1) is 0 Å². The number of anilines is 2. The molecular weight excluding hydrogens is 418 g/mol. The molecule has 33 heavy (non-hydrogen) atoms. The molecule has 0 radical (unpaired) electrons. The zero-order valence-electron chi connectivity index (χ0n) is 18.3. The van der Waals surface area contributed by atoms with Crippen LogP contribution in [0.5, 0.6) is 5.75 Å². The number of fused-ring (bicyclic) bond motifs is 1. The number of nitrogens with two attached hydrogens (primary N) is 1. The molecule has 3 aromatic carbocycles. The SMILES string of the molecule is CCc1c(C(=O)NCCOc2ccc(C(=O)Nc3ccccc3N)cc2)oc2ccccc12. The highest BCUT2D eigenvalue weighted by Gasteiger charge is 2.18. The summed E-state index contributed by atoms with van der Waals surface area (Å²) < 4.78 is 11.4. The van der Waals surface area contributed by atoms with E-state index in [0.717, 1.165) is 10.9 Å². The van der Waals surface area contributed by atoms with E-state index in [1.54, 1.807) is 48.5 Å². The summed E-state index contributed by atoms with van der Waals surface area (Å²) in [7, 11) is 0. The predicted octanol–water partition coefficient (Wildman–Crippen LogP) is 4.64. The number of furan rings is 1. The highest BCUT2D eigenvalue weighted by molar-refractivity contribution is 6.05. The van der Waals surface area contributed by atoms with Gasteiger partial charge >= 0.3 is 0 Å². The van der Waals surface area contributed by atoms with E-state index in [0.29, 0.717) is 47.0 Å². The van der Waals surface area contributed by atoms with Crippen LogP contribution in [-0.4, -0.2) is 25.0 Å². The van der Waals surface area contributed by atoms with Crippen molar-refractivity contribution < 1.29 is 18.7 Å². The van der Waals surface area contributed by atoms with Gasteiger partial charge in [0.1, 0.15) is 17.9 Å². The lowest BCUT2D eigenvalue weighted by Gasteiger charge is -2.10. The van der Waals surface area contributed by atoms with Crippen molar-refractivity contribution in [2.75, 3.05) is 24.2 Å². The number of aryl methyl sites for hydroxylation is 1. The number of nitrogen functional groups attached to an aromatic ring is 1. The van der Waals surface area contributed by atoms with Crippen LogP contribution >= 0.6 is 0 Å². The quantitative estimate of drug-likeness (QED) is 0.272. The largest absolute Gasteiger partial charge is 0.492 e. The normalized spacial score (nSPS) is 10.7. The molecule has 4 N–H and O–H groups in total. The molecule has 0 spiro atoms. The van der Waals surface area contributed by atoms with Gasteiger partial charge in [-0.05, 0) is 48.9 Å². The number of carbonyl (C=O) groups is 2. The van der Waals surface area contributed by atoms with E-state index in [4.69, 9.17) is 14.9 Å².